The Bertz CT molecular complexity index is 617. The fraction of sp³-hybridized carbons (Fsp3) is 0.143. The third kappa shape index (κ3) is 2.93. The van der Waals surface area contributed by atoms with Crippen molar-refractivity contribution < 1.29 is 14.6 Å². The van der Waals surface area contributed by atoms with E-state index in [4.69, 9.17) is 9.84 Å². The highest BCUT2D eigenvalue weighted by atomic mass is 79.9. The fourth-order valence-electron chi connectivity index (χ4n) is 1.73. The summed E-state index contributed by atoms with van der Waals surface area (Å²) in [4.78, 5) is 15.0. The van der Waals surface area contributed by atoms with Crippen molar-refractivity contribution in [2.24, 2.45) is 0 Å². The van der Waals surface area contributed by atoms with E-state index in [9.17, 15) is 4.79 Å². The van der Waals surface area contributed by atoms with Gasteiger partial charge in [-0.1, -0.05) is 15.9 Å². The Morgan fingerprint density at radius 2 is 1.95 bits per heavy atom. The predicted octanol–water partition coefficient (Wildman–Crippen LogP) is 3.95. The number of nitrogens with zero attached hydrogens (tertiary/aromatic N) is 1. The molecule has 0 aliphatic carbocycles. The number of carboxylic acids is 1. The molecular weight excluding hydrogens is 310 g/mol. The number of hydrogen-bond acceptors (Lipinski definition) is 3. The molecule has 4 nitrogen and oxygen atoms in total. The van der Waals surface area contributed by atoms with Gasteiger partial charge in [-0.2, -0.15) is 0 Å². The molecule has 1 heterocycles. The van der Waals surface area contributed by atoms with Crippen molar-refractivity contribution in [3.8, 4) is 11.5 Å². The lowest BCUT2D eigenvalue weighted by Gasteiger charge is -2.11. The largest absolute Gasteiger partial charge is 0.478 e. The topological polar surface area (TPSA) is 59.4 Å². The lowest BCUT2D eigenvalue weighted by Crippen LogP contribution is -2.00. The van der Waals surface area contributed by atoms with Crippen LogP contribution in [0.2, 0.25) is 0 Å². The van der Waals surface area contributed by atoms with Crippen LogP contribution >= 0.6 is 15.9 Å². The Morgan fingerprint density at radius 1 is 1.32 bits per heavy atom. The first-order chi connectivity index (χ1) is 8.99. The highest BCUT2D eigenvalue weighted by Gasteiger charge is 2.12. The molecule has 0 atom stereocenters. The molecule has 0 aliphatic rings. The molecule has 1 aromatic carbocycles. The van der Waals surface area contributed by atoms with E-state index in [0.29, 0.717) is 5.75 Å². The van der Waals surface area contributed by atoms with Gasteiger partial charge in [0.05, 0.1) is 6.20 Å². The third-order valence-electron chi connectivity index (χ3n) is 2.65. The van der Waals surface area contributed by atoms with E-state index < -0.39 is 5.97 Å². The second-order valence-electron chi connectivity index (χ2n) is 4.15. The number of aromatic carboxylic acids is 1. The number of carbonyl (C=O) groups is 1. The van der Waals surface area contributed by atoms with Gasteiger partial charge in [-0.3, -0.25) is 4.98 Å². The number of pyridine rings is 1. The lowest BCUT2D eigenvalue weighted by atomic mass is 10.1. The van der Waals surface area contributed by atoms with Crippen LogP contribution in [0, 0.1) is 13.8 Å². The summed E-state index contributed by atoms with van der Waals surface area (Å²) in [6.45, 7) is 3.90. The molecule has 0 unspecified atom stereocenters. The first kappa shape index (κ1) is 13.5. The minimum absolute atomic E-state index is 0.0909. The van der Waals surface area contributed by atoms with E-state index in [-0.39, 0.29) is 11.3 Å². The third-order valence-corrected chi connectivity index (χ3v) is 3.90. The first-order valence-electron chi connectivity index (χ1n) is 5.61. The highest BCUT2D eigenvalue weighted by molar-refractivity contribution is 9.10. The predicted molar refractivity (Wildman–Crippen MR) is 74.9 cm³/mol. The molecule has 5 heteroatoms. The number of carboxylic acid groups (broad SMARTS) is 1. The van der Waals surface area contributed by atoms with E-state index in [2.05, 4.69) is 20.9 Å². The van der Waals surface area contributed by atoms with Crippen LogP contribution in [0.25, 0.3) is 0 Å². The molecule has 2 rings (SSSR count). The van der Waals surface area contributed by atoms with E-state index in [1.165, 1.54) is 18.5 Å². The Kier molecular flexibility index (Phi) is 3.85. The number of aromatic nitrogens is 1. The van der Waals surface area contributed by atoms with Crippen LogP contribution in [0.1, 0.15) is 21.5 Å². The van der Waals surface area contributed by atoms with Gasteiger partial charge in [0.2, 0.25) is 0 Å². The Morgan fingerprint density at radius 3 is 2.53 bits per heavy atom. The van der Waals surface area contributed by atoms with Crippen molar-refractivity contribution in [2.45, 2.75) is 13.8 Å². The molecule has 0 spiro atoms. The first-order valence-corrected chi connectivity index (χ1v) is 6.40. The Hall–Kier alpha value is -1.88. The van der Waals surface area contributed by atoms with Crippen LogP contribution in [0.15, 0.2) is 35.1 Å². The second-order valence-corrected chi connectivity index (χ2v) is 4.94. The van der Waals surface area contributed by atoms with Crippen molar-refractivity contribution in [2.75, 3.05) is 0 Å². The summed E-state index contributed by atoms with van der Waals surface area (Å²) in [7, 11) is 0. The quantitative estimate of drug-likeness (QED) is 0.929. The SMILES string of the molecule is Cc1cc(Oc2cnccc2C(=O)O)cc(C)c1Br. The van der Waals surface area contributed by atoms with Crippen LogP contribution < -0.4 is 4.74 Å². The maximum absolute atomic E-state index is 11.1. The fourth-order valence-corrected chi connectivity index (χ4v) is 1.96. The summed E-state index contributed by atoms with van der Waals surface area (Å²) in [6, 6.07) is 5.10. The summed E-state index contributed by atoms with van der Waals surface area (Å²) < 4.78 is 6.64. The average Bonchev–Trinajstić information content (AvgIpc) is 2.36. The summed E-state index contributed by atoms with van der Waals surface area (Å²) in [6.07, 6.45) is 2.82. The van der Waals surface area contributed by atoms with E-state index >= 15 is 0 Å². The molecule has 19 heavy (non-hydrogen) atoms. The van der Waals surface area contributed by atoms with Crippen LogP contribution in [-0.2, 0) is 0 Å². The molecule has 0 saturated carbocycles. The number of aryl methyl sites for hydroxylation is 2. The van der Waals surface area contributed by atoms with Crippen molar-refractivity contribution in [1.29, 1.82) is 0 Å². The van der Waals surface area contributed by atoms with Crippen molar-refractivity contribution in [3.05, 3.63) is 51.8 Å². The zero-order chi connectivity index (χ0) is 14.0. The minimum atomic E-state index is -1.04. The van der Waals surface area contributed by atoms with Gasteiger partial charge in [-0.05, 0) is 43.2 Å². The van der Waals surface area contributed by atoms with Crippen LogP contribution in [0.4, 0.5) is 0 Å². The van der Waals surface area contributed by atoms with E-state index in [1.807, 2.05) is 26.0 Å². The molecule has 0 fully saturated rings. The molecule has 0 amide bonds. The molecule has 0 bridgehead atoms. The molecule has 0 saturated heterocycles. The van der Waals surface area contributed by atoms with Crippen LogP contribution in [-0.4, -0.2) is 16.1 Å². The summed E-state index contributed by atoms with van der Waals surface area (Å²) in [5, 5.41) is 9.08. The van der Waals surface area contributed by atoms with Crippen molar-refractivity contribution >= 4 is 21.9 Å². The number of halogens is 1. The van der Waals surface area contributed by atoms with Gasteiger partial charge < -0.3 is 9.84 Å². The molecule has 2 aromatic rings. The number of ether oxygens (including phenoxy) is 1. The van der Waals surface area contributed by atoms with Gasteiger partial charge >= 0.3 is 5.97 Å². The molecule has 98 valence electrons. The smallest absolute Gasteiger partial charge is 0.339 e. The van der Waals surface area contributed by atoms with Gasteiger partial charge in [-0.25, -0.2) is 4.79 Å². The van der Waals surface area contributed by atoms with Gasteiger partial charge in [0.15, 0.2) is 5.75 Å². The molecule has 0 aliphatic heterocycles. The van der Waals surface area contributed by atoms with Crippen molar-refractivity contribution in [3.63, 3.8) is 0 Å². The highest BCUT2D eigenvalue weighted by Crippen LogP contribution is 2.30. The second kappa shape index (κ2) is 5.40. The van der Waals surface area contributed by atoms with Gasteiger partial charge in [-0.15, -0.1) is 0 Å². The maximum atomic E-state index is 11.1. The summed E-state index contributed by atoms with van der Waals surface area (Å²) in [5.74, 6) is -0.215. The molecular formula is C14H12BrNO3. The van der Waals surface area contributed by atoms with Crippen LogP contribution in [0.3, 0.4) is 0 Å². The monoisotopic (exact) mass is 321 g/mol. The van der Waals surface area contributed by atoms with E-state index in [1.54, 1.807) is 0 Å². The standard InChI is InChI=1S/C14H12BrNO3/c1-8-5-10(6-9(2)13(8)15)19-12-7-16-4-3-11(12)14(17)18/h3-7H,1-2H3,(H,17,18). The van der Waals surface area contributed by atoms with Gasteiger partial charge in [0, 0.05) is 10.7 Å². The number of hydrogen-bond donors (Lipinski definition) is 1. The Balaban J connectivity index is 2.39. The minimum Gasteiger partial charge on any atom is -0.478 e. The number of rotatable bonds is 3. The lowest BCUT2D eigenvalue weighted by molar-refractivity contribution is 0.0694. The zero-order valence-electron chi connectivity index (χ0n) is 10.5. The zero-order valence-corrected chi connectivity index (χ0v) is 12.1. The van der Waals surface area contributed by atoms with Gasteiger partial charge in [0.1, 0.15) is 11.3 Å². The normalized spacial score (nSPS) is 10.3. The number of benzene rings is 1. The summed E-state index contributed by atoms with van der Waals surface area (Å²) in [5.41, 5.74) is 2.14. The van der Waals surface area contributed by atoms with Crippen molar-refractivity contribution in [1.82, 2.24) is 4.98 Å². The van der Waals surface area contributed by atoms with E-state index in [0.717, 1.165) is 15.6 Å². The molecule has 1 N–H and O–H groups in total. The molecule has 0 radical (unpaired) electrons. The maximum Gasteiger partial charge on any atom is 0.339 e. The Labute approximate surface area is 119 Å². The summed E-state index contributed by atoms with van der Waals surface area (Å²) >= 11 is 3.47. The van der Waals surface area contributed by atoms with Gasteiger partial charge in [0.25, 0.3) is 0 Å². The van der Waals surface area contributed by atoms with Crippen LogP contribution in [0.5, 0.6) is 11.5 Å². The molecule has 1 aromatic heterocycles. The average molecular weight is 322 g/mol.